The zero-order valence-corrected chi connectivity index (χ0v) is 14.4. The monoisotopic (exact) mass is 358 g/mol. The number of hydrogen-bond acceptors (Lipinski definition) is 7. The first-order valence-electron chi connectivity index (χ1n) is 7.78. The Hall–Kier alpha value is -3.26. The second kappa shape index (κ2) is 8.21. The third kappa shape index (κ3) is 4.22. The molecule has 0 radical (unpaired) electrons. The molecule has 0 bridgehead atoms. The van der Waals surface area contributed by atoms with Gasteiger partial charge in [0.25, 0.3) is 0 Å². The predicted molar refractivity (Wildman–Crippen MR) is 92.0 cm³/mol. The molecule has 0 unspecified atom stereocenters. The highest BCUT2D eigenvalue weighted by molar-refractivity contribution is 5.92. The first-order valence-corrected chi connectivity index (χ1v) is 7.78. The highest BCUT2D eigenvalue weighted by atomic mass is 16.5. The number of furan rings is 1. The number of carbonyl (C=O) groups excluding carboxylic acids is 1. The molecule has 26 heavy (non-hydrogen) atoms. The van der Waals surface area contributed by atoms with Crippen LogP contribution < -0.4 is 14.8 Å². The third-order valence-electron chi connectivity index (χ3n) is 3.47. The van der Waals surface area contributed by atoms with E-state index in [0.29, 0.717) is 34.4 Å². The normalized spacial score (nSPS) is 10.5. The van der Waals surface area contributed by atoms with Crippen LogP contribution in [-0.2, 0) is 16.1 Å². The molecule has 8 nitrogen and oxygen atoms in total. The lowest BCUT2D eigenvalue weighted by atomic mass is 10.2. The second-order valence-electron chi connectivity index (χ2n) is 5.27. The number of nitrogens with one attached hydrogen (secondary N) is 1. The van der Waals surface area contributed by atoms with Crippen LogP contribution in [0.1, 0.15) is 5.69 Å². The van der Waals surface area contributed by atoms with Crippen molar-refractivity contribution in [3.8, 4) is 23.0 Å². The Bertz CT molecular complexity index is 856. The van der Waals surface area contributed by atoms with Crippen LogP contribution in [0.3, 0.4) is 0 Å². The summed E-state index contributed by atoms with van der Waals surface area (Å²) in [5, 5.41) is 6.60. The van der Waals surface area contributed by atoms with Crippen molar-refractivity contribution in [1.29, 1.82) is 0 Å². The number of ether oxygens (including phenoxy) is 3. The fourth-order valence-electron chi connectivity index (χ4n) is 2.27. The number of hydrogen-bond donors (Lipinski definition) is 1. The van der Waals surface area contributed by atoms with Gasteiger partial charge >= 0.3 is 0 Å². The molecule has 0 aliphatic rings. The molecule has 2 heterocycles. The molecule has 136 valence electrons. The van der Waals surface area contributed by atoms with Gasteiger partial charge in [0.2, 0.25) is 11.7 Å². The summed E-state index contributed by atoms with van der Waals surface area (Å²) < 4.78 is 26.1. The van der Waals surface area contributed by atoms with Gasteiger partial charge in [-0.3, -0.25) is 4.79 Å². The Balaban J connectivity index is 1.49. The van der Waals surface area contributed by atoms with Gasteiger partial charge in [-0.2, -0.15) is 0 Å². The number of benzene rings is 1. The molecule has 0 aliphatic carbocycles. The minimum absolute atomic E-state index is 0.128. The maximum absolute atomic E-state index is 12.0. The molecule has 1 aromatic carbocycles. The number of anilines is 1. The molecule has 3 aromatic rings. The van der Waals surface area contributed by atoms with Gasteiger partial charge in [-0.15, -0.1) is 0 Å². The topological polar surface area (TPSA) is 96.0 Å². The summed E-state index contributed by atoms with van der Waals surface area (Å²) >= 11 is 0. The van der Waals surface area contributed by atoms with Crippen LogP contribution in [0.2, 0.25) is 0 Å². The summed E-state index contributed by atoms with van der Waals surface area (Å²) in [6.07, 6.45) is 1.55. The third-order valence-corrected chi connectivity index (χ3v) is 3.47. The van der Waals surface area contributed by atoms with Crippen molar-refractivity contribution >= 4 is 11.6 Å². The van der Waals surface area contributed by atoms with Crippen LogP contribution in [-0.4, -0.2) is 31.9 Å². The summed E-state index contributed by atoms with van der Waals surface area (Å²) in [6, 6.07) is 10.3. The van der Waals surface area contributed by atoms with Crippen molar-refractivity contribution in [2.24, 2.45) is 0 Å². The van der Waals surface area contributed by atoms with Crippen LogP contribution in [0.15, 0.2) is 51.6 Å². The maximum Gasteiger partial charge on any atom is 0.250 e. The van der Waals surface area contributed by atoms with E-state index >= 15 is 0 Å². The van der Waals surface area contributed by atoms with Gasteiger partial charge in [0.05, 0.1) is 27.1 Å². The molecule has 3 rings (SSSR count). The second-order valence-corrected chi connectivity index (χ2v) is 5.27. The van der Waals surface area contributed by atoms with Gasteiger partial charge in [-0.05, 0) is 24.3 Å². The van der Waals surface area contributed by atoms with Crippen molar-refractivity contribution in [3.63, 3.8) is 0 Å². The molecular weight excluding hydrogens is 340 g/mol. The van der Waals surface area contributed by atoms with E-state index in [1.165, 1.54) is 7.11 Å². The van der Waals surface area contributed by atoms with Crippen molar-refractivity contribution in [1.82, 2.24) is 5.16 Å². The zero-order chi connectivity index (χ0) is 18.4. The average Bonchev–Trinajstić information content (AvgIpc) is 3.33. The Labute approximate surface area is 149 Å². The first-order chi connectivity index (χ1) is 12.7. The fourth-order valence-corrected chi connectivity index (χ4v) is 2.27. The lowest BCUT2D eigenvalue weighted by molar-refractivity contribution is -0.121. The van der Waals surface area contributed by atoms with Crippen molar-refractivity contribution < 1.29 is 27.9 Å². The van der Waals surface area contributed by atoms with E-state index in [9.17, 15) is 4.79 Å². The van der Waals surface area contributed by atoms with Crippen LogP contribution in [0, 0.1) is 0 Å². The molecule has 0 fully saturated rings. The van der Waals surface area contributed by atoms with Gasteiger partial charge in [0.1, 0.15) is 12.3 Å². The smallest absolute Gasteiger partial charge is 0.250 e. The maximum atomic E-state index is 12.0. The Kier molecular flexibility index (Phi) is 5.55. The van der Waals surface area contributed by atoms with Gasteiger partial charge in [0, 0.05) is 17.8 Å². The van der Waals surface area contributed by atoms with Gasteiger partial charge in [-0.1, -0.05) is 5.16 Å². The van der Waals surface area contributed by atoms with Crippen LogP contribution in [0.5, 0.6) is 11.5 Å². The van der Waals surface area contributed by atoms with Crippen LogP contribution >= 0.6 is 0 Å². The lowest BCUT2D eigenvalue weighted by Gasteiger charge is -2.10. The van der Waals surface area contributed by atoms with Crippen LogP contribution in [0.25, 0.3) is 11.5 Å². The summed E-state index contributed by atoms with van der Waals surface area (Å²) in [5.41, 5.74) is 1.15. The Morgan fingerprint density at radius 1 is 1.12 bits per heavy atom. The summed E-state index contributed by atoms with van der Waals surface area (Å²) in [4.78, 5) is 12.0. The van der Waals surface area contributed by atoms with Gasteiger partial charge in [0.15, 0.2) is 17.3 Å². The number of nitrogens with zero attached hydrogens (tertiary/aromatic N) is 1. The number of rotatable bonds is 8. The van der Waals surface area contributed by atoms with Crippen LogP contribution in [0.4, 0.5) is 5.69 Å². The predicted octanol–water partition coefficient (Wildman–Crippen LogP) is 3.11. The highest BCUT2D eigenvalue weighted by Crippen LogP contribution is 2.29. The molecule has 0 aliphatic heterocycles. The quantitative estimate of drug-likeness (QED) is 0.661. The lowest BCUT2D eigenvalue weighted by Crippen LogP contribution is -2.18. The van der Waals surface area contributed by atoms with Gasteiger partial charge < -0.3 is 28.5 Å². The van der Waals surface area contributed by atoms with Crippen molar-refractivity contribution in [3.05, 3.63) is 48.4 Å². The highest BCUT2D eigenvalue weighted by Gasteiger charge is 2.11. The fraction of sp³-hybridized carbons (Fsp3) is 0.222. The molecule has 8 heteroatoms. The summed E-state index contributed by atoms with van der Waals surface area (Å²) in [7, 11) is 3.08. The number of aromatic nitrogens is 1. The number of methoxy groups -OCH3 is 2. The SMILES string of the molecule is COc1ccc(NC(=O)COCc2cc(-c3ccco3)on2)cc1OC. The molecule has 1 amide bonds. The minimum Gasteiger partial charge on any atom is -0.493 e. The number of carbonyl (C=O) groups is 1. The van der Waals surface area contributed by atoms with Crippen molar-refractivity contribution in [2.45, 2.75) is 6.61 Å². The molecule has 0 spiro atoms. The average molecular weight is 358 g/mol. The van der Waals surface area contributed by atoms with E-state index in [4.69, 9.17) is 23.2 Å². The van der Waals surface area contributed by atoms with E-state index in [1.54, 1.807) is 49.8 Å². The number of amides is 1. The zero-order valence-electron chi connectivity index (χ0n) is 14.4. The van der Waals surface area contributed by atoms with E-state index in [2.05, 4.69) is 10.5 Å². The van der Waals surface area contributed by atoms with Crippen molar-refractivity contribution in [2.75, 3.05) is 26.1 Å². The minimum atomic E-state index is -0.299. The van der Waals surface area contributed by atoms with E-state index < -0.39 is 0 Å². The summed E-state index contributed by atoms with van der Waals surface area (Å²) in [6.45, 7) is 0.0147. The molecule has 0 atom stereocenters. The van der Waals surface area contributed by atoms with E-state index in [1.807, 2.05) is 0 Å². The molecule has 0 saturated heterocycles. The Morgan fingerprint density at radius 3 is 2.69 bits per heavy atom. The molecular formula is C18H18N2O6. The Morgan fingerprint density at radius 2 is 1.96 bits per heavy atom. The van der Waals surface area contributed by atoms with E-state index in [0.717, 1.165) is 0 Å². The molecule has 2 aromatic heterocycles. The first kappa shape index (κ1) is 17.6. The molecule has 1 N–H and O–H groups in total. The summed E-state index contributed by atoms with van der Waals surface area (Å²) in [5.74, 6) is 1.89. The van der Waals surface area contributed by atoms with Gasteiger partial charge in [-0.25, -0.2) is 0 Å². The largest absolute Gasteiger partial charge is 0.493 e. The standard InChI is InChI=1S/C18H18N2O6/c1-22-14-6-5-12(8-16(14)23-2)19-18(21)11-24-10-13-9-17(26-20-13)15-4-3-7-25-15/h3-9H,10-11H2,1-2H3,(H,19,21). The molecule has 0 saturated carbocycles. The van der Waals surface area contributed by atoms with E-state index in [-0.39, 0.29) is 19.1 Å².